The molecule has 0 spiro atoms. The van der Waals surface area contributed by atoms with E-state index in [1.807, 2.05) is 6.07 Å². The molecular weight excluding hydrogens is 568 g/mol. The molecule has 0 bridgehead atoms. The Kier molecular flexibility index (Phi) is 8.48. The molecule has 1 atom stereocenters. The van der Waals surface area contributed by atoms with Crippen molar-refractivity contribution in [1.29, 1.82) is 0 Å². The Balaban J connectivity index is 0.985. The summed E-state index contributed by atoms with van der Waals surface area (Å²) >= 11 is 0. The summed E-state index contributed by atoms with van der Waals surface area (Å²) in [4.78, 5) is 22.2. The summed E-state index contributed by atoms with van der Waals surface area (Å²) in [5.74, 6) is -0.0650. The fourth-order valence-corrected chi connectivity index (χ4v) is 6.80. The van der Waals surface area contributed by atoms with Crippen LogP contribution in [0.5, 0.6) is 5.75 Å². The van der Waals surface area contributed by atoms with Gasteiger partial charge in [-0.1, -0.05) is 12.1 Å². The van der Waals surface area contributed by atoms with Crippen LogP contribution >= 0.6 is 0 Å². The highest BCUT2D eigenvalue weighted by atomic mass is 19.2. The molecule has 10 nitrogen and oxygen atoms in total. The van der Waals surface area contributed by atoms with Crippen LogP contribution in [0.1, 0.15) is 30.9 Å². The van der Waals surface area contributed by atoms with Crippen molar-refractivity contribution >= 4 is 23.0 Å². The summed E-state index contributed by atoms with van der Waals surface area (Å²) in [6.07, 6.45) is 4.23. The average Bonchev–Trinajstić information content (AvgIpc) is 3.52. The van der Waals surface area contributed by atoms with Gasteiger partial charge in [-0.25, -0.2) is 23.8 Å². The molecule has 4 aliphatic heterocycles. The zero-order valence-corrected chi connectivity index (χ0v) is 25.0. The van der Waals surface area contributed by atoms with Crippen molar-refractivity contribution in [3.63, 3.8) is 0 Å². The summed E-state index contributed by atoms with van der Waals surface area (Å²) in [5.41, 5.74) is 2.13. The van der Waals surface area contributed by atoms with Crippen LogP contribution < -0.4 is 20.0 Å². The van der Waals surface area contributed by atoms with Gasteiger partial charge in [0.1, 0.15) is 17.9 Å². The number of rotatable bonds is 8. The first-order valence-corrected chi connectivity index (χ1v) is 15.5. The third-order valence-corrected chi connectivity index (χ3v) is 9.40. The summed E-state index contributed by atoms with van der Waals surface area (Å²) in [6.45, 7) is 8.75. The lowest BCUT2D eigenvalue weighted by molar-refractivity contribution is -0.0803. The second-order valence-corrected chi connectivity index (χ2v) is 11.9. The van der Waals surface area contributed by atoms with E-state index in [0.717, 1.165) is 82.8 Å². The van der Waals surface area contributed by atoms with Gasteiger partial charge in [-0.15, -0.1) is 0 Å². The molecule has 1 N–H and O–H groups in total. The number of ether oxygens (including phenoxy) is 2. The molecule has 12 heteroatoms. The van der Waals surface area contributed by atoms with E-state index in [2.05, 4.69) is 42.1 Å². The fraction of sp³-hybridized carbons (Fsp3) is 0.500. The van der Waals surface area contributed by atoms with Gasteiger partial charge in [-0.05, 0) is 31.0 Å². The predicted octanol–water partition coefficient (Wildman–Crippen LogP) is 4.38. The molecule has 4 fully saturated rings. The highest BCUT2D eigenvalue weighted by Gasteiger charge is 2.33. The molecule has 1 aromatic heterocycles. The molecule has 7 rings (SSSR count). The van der Waals surface area contributed by atoms with Gasteiger partial charge in [0.05, 0.1) is 44.7 Å². The van der Waals surface area contributed by atoms with E-state index >= 15 is 0 Å². The van der Waals surface area contributed by atoms with E-state index in [0.29, 0.717) is 42.5 Å². The van der Waals surface area contributed by atoms with Crippen molar-refractivity contribution in [2.24, 2.45) is 0 Å². The molecule has 0 saturated carbocycles. The molecule has 0 unspecified atom stereocenters. The Labute approximate surface area is 256 Å². The average molecular weight is 608 g/mol. The minimum atomic E-state index is -0.881. The van der Waals surface area contributed by atoms with Crippen molar-refractivity contribution in [2.45, 2.75) is 37.4 Å². The summed E-state index contributed by atoms with van der Waals surface area (Å²) in [7, 11) is 1.66. The second-order valence-electron chi connectivity index (χ2n) is 11.9. The van der Waals surface area contributed by atoms with E-state index in [9.17, 15) is 8.78 Å². The Morgan fingerprint density at radius 1 is 0.886 bits per heavy atom. The maximum absolute atomic E-state index is 14.6. The number of aromatic nitrogens is 2. The van der Waals surface area contributed by atoms with Gasteiger partial charge in [0.2, 0.25) is 0 Å². The van der Waals surface area contributed by atoms with Gasteiger partial charge in [-0.3, -0.25) is 14.6 Å². The number of nitrogens with one attached hydrogen (secondary N) is 1. The van der Waals surface area contributed by atoms with Crippen LogP contribution in [0.25, 0.3) is 0 Å². The Morgan fingerprint density at radius 3 is 2.39 bits per heavy atom. The van der Waals surface area contributed by atoms with Crippen molar-refractivity contribution in [3.05, 3.63) is 66.0 Å². The van der Waals surface area contributed by atoms with Gasteiger partial charge >= 0.3 is 0 Å². The number of piperidine rings is 1. The van der Waals surface area contributed by atoms with Gasteiger partial charge < -0.3 is 19.7 Å². The third-order valence-electron chi connectivity index (χ3n) is 9.40. The lowest BCUT2D eigenvalue weighted by atomic mass is 10.0. The summed E-state index contributed by atoms with van der Waals surface area (Å²) < 4.78 is 39.7. The van der Waals surface area contributed by atoms with Crippen LogP contribution in [0, 0.1) is 11.6 Å². The van der Waals surface area contributed by atoms with Crippen LogP contribution in [0.15, 0.2) is 48.8 Å². The molecule has 5 heterocycles. The number of methoxy groups -OCH3 is 1. The Hall–Kier alpha value is -3.58. The highest BCUT2D eigenvalue weighted by Crippen LogP contribution is 2.37. The number of hydrogen-bond donors (Lipinski definition) is 1. The number of anilines is 4. The van der Waals surface area contributed by atoms with Crippen LogP contribution in [0.2, 0.25) is 0 Å². The molecule has 44 heavy (non-hydrogen) atoms. The van der Waals surface area contributed by atoms with Crippen molar-refractivity contribution in [3.8, 4) is 5.75 Å². The lowest BCUT2D eigenvalue weighted by Gasteiger charge is -2.46. The normalized spacial score (nSPS) is 22.3. The largest absolute Gasteiger partial charge is 0.494 e. The number of benzene rings is 2. The zero-order valence-electron chi connectivity index (χ0n) is 25.0. The Bertz CT molecular complexity index is 1450. The molecule has 4 saturated heterocycles. The molecule has 0 amide bonds. The Morgan fingerprint density at radius 2 is 1.66 bits per heavy atom. The predicted molar refractivity (Wildman–Crippen MR) is 163 cm³/mol. The molecule has 2 aromatic carbocycles. The third kappa shape index (κ3) is 5.91. The topological polar surface area (TPSA) is 78.5 Å². The molecule has 234 valence electrons. The first kappa shape index (κ1) is 29.1. The first-order valence-electron chi connectivity index (χ1n) is 15.5. The fourth-order valence-electron chi connectivity index (χ4n) is 6.80. The van der Waals surface area contributed by atoms with Gasteiger partial charge in [0.25, 0.3) is 0 Å². The minimum absolute atomic E-state index is 0.235. The zero-order chi connectivity index (χ0) is 30.0. The lowest BCUT2D eigenvalue weighted by Crippen LogP contribution is -2.59. The molecule has 4 aliphatic rings. The quantitative estimate of drug-likeness (QED) is 0.399. The maximum atomic E-state index is 14.6. The van der Waals surface area contributed by atoms with Crippen molar-refractivity contribution in [1.82, 2.24) is 19.8 Å². The van der Waals surface area contributed by atoms with Gasteiger partial charge in [0, 0.05) is 75.1 Å². The van der Waals surface area contributed by atoms with Gasteiger partial charge in [0.15, 0.2) is 17.5 Å². The summed E-state index contributed by atoms with van der Waals surface area (Å²) in [6, 6.07) is 12.9. The minimum Gasteiger partial charge on any atom is -0.494 e. The van der Waals surface area contributed by atoms with E-state index in [1.165, 1.54) is 17.5 Å². The molecule has 0 aliphatic carbocycles. The summed E-state index contributed by atoms with van der Waals surface area (Å²) in [5, 5.41) is 4.86. The standard InChI is InChI=1S/C32H39F2N7O3/c1-42-29-17-23(38-10-7-22(8-11-38)39-12-14-40(15-13-39)24-19-43-20-24)5-6-27(29)37-30-18-31(36-21-35-30)41-28(9-16-44-41)25-3-2-4-26(33)32(25)34/h2-6,17-18,21-22,24,28H,7-16,19-20H2,1H3,(H,35,36,37)/t28-/m1/s1. The van der Waals surface area contributed by atoms with Gasteiger partial charge in [-0.2, -0.15) is 0 Å². The number of halogens is 2. The monoisotopic (exact) mass is 607 g/mol. The molecule has 0 radical (unpaired) electrons. The van der Waals surface area contributed by atoms with Crippen molar-refractivity contribution in [2.75, 3.05) is 81.5 Å². The molecular formula is C32H39F2N7O3. The molecule has 3 aromatic rings. The number of nitrogens with zero attached hydrogens (tertiary/aromatic N) is 6. The van der Waals surface area contributed by atoms with Crippen LogP contribution in [0.3, 0.4) is 0 Å². The van der Waals surface area contributed by atoms with Crippen LogP contribution in [0.4, 0.5) is 31.8 Å². The van der Waals surface area contributed by atoms with E-state index in [4.69, 9.17) is 14.3 Å². The first-order chi connectivity index (χ1) is 21.6. The van der Waals surface area contributed by atoms with Crippen LogP contribution in [-0.2, 0) is 9.57 Å². The van der Waals surface area contributed by atoms with E-state index < -0.39 is 17.7 Å². The second kappa shape index (κ2) is 12.8. The smallest absolute Gasteiger partial charge is 0.164 e. The van der Waals surface area contributed by atoms with E-state index in [-0.39, 0.29) is 5.56 Å². The number of hydroxylamine groups is 1. The SMILES string of the molecule is COc1cc(N2CCC(N3CCN(C4COC4)CC3)CC2)ccc1Nc1cc(N2OCC[C@@H]2c2cccc(F)c2F)ncn1. The van der Waals surface area contributed by atoms with E-state index in [1.54, 1.807) is 19.2 Å². The number of piperazine rings is 1. The highest BCUT2D eigenvalue weighted by molar-refractivity contribution is 5.70. The van der Waals surface area contributed by atoms with Crippen LogP contribution in [-0.4, -0.2) is 98.1 Å². The van der Waals surface area contributed by atoms with Crippen molar-refractivity contribution < 1.29 is 23.1 Å². The number of hydrogen-bond acceptors (Lipinski definition) is 10. The maximum Gasteiger partial charge on any atom is 0.164 e.